The van der Waals surface area contributed by atoms with Crippen LogP contribution in [0.1, 0.15) is 58.3 Å². The van der Waals surface area contributed by atoms with E-state index in [9.17, 15) is 9.90 Å². The van der Waals surface area contributed by atoms with Gasteiger partial charge in [-0.1, -0.05) is 25.7 Å². The lowest BCUT2D eigenvalue weighted by molar-refractivity contribution is -0.137. The molecule has 0 aromatic heterocycles. The molecule has 0 spiro atoms. The third kappa shape index (κ3) is 11.5. The van der Waals surface area contributed by atoms with E-state index >= 15 is 0 Å². The smallest absolute Gasteiger partial charge is 0.303 e. The SMILES string of the molecule is CC(O)CC(O)CCCCCCCC(=O)O. The highest BCUT2D eigenvalue weighted by atomic mass is 16.4. The number of carboxylic acid groups (broad SMARTS) is 1. The van der Waals surface area contributed by atoms with Gasteiger partial charge in [0.05, 0.1) is 12.2 Å². The number of aliphatic hydroxyl groups is 2. The molecule has 0 bridgehead atoms. The lowest BCUT2D eigenvalue weighted by Gasteiger charge is -2.11. The Morgan fingerprint density at radius 1 is 1.06 bits per heavy atom. The first-order valence-corrected chi connectivity index (χ1v) is 6.10. The number of carbonyl (C=O) groups is 1. The second-order valence-electron chi connectivity index (χ2n) is 4.44. The molecule has 0 aromatic rings. The predicted octanol–water partition coefficient (Wildman–Crippen LogP) is 1.93. The van der Waals surface area contributed by atoms with E-state index in [2.05, 4.69) is 0 Å². The highest BCUT2D eigenvalue weighted by Crippen LogP contribution is 2.11. The van der Waals surface area contributed by atoms with Crippen molar-refractivity contribution in [1.82, 2.24) is 0 Å². The highest BCUT2D eigenvalue weighted by Gasteiger charge is 2.07. The molecule has 0 fully saturated rings. The van der Waals surface area contributed by atoms with Crippen LogP contribution in [-0.2, 0) is 4.79 Å². The molecule has 2 atom stereocenters. The Labute approximate surface area is 97.3 Å². The summed E-state index contributed by atoms with van der Waals surface area (Å²) in [5, 5.41) is 26.9. The normalized spacial score (nSPS) is 14.7. The van der Waals surface area contributed by atoms with Gasteiger partial charge >= 0.3 is 5.97 Å². The Morgan fingerprint density at radius 2 is 1.62 bits per heavy atom. The number of aliphatic carboxylic acids is 1. The van der Waals surface area contributed by atoms with Gasteiger partial charge in [-0.25, -0.2) is 0 Å². The zero-order valence-electron chi connectivity index (χ0n) is 10.1. The molecule has 0 radical (unpaired) electrons. The topological polar surface area (TPSA) is 77.8 Å². The van der Waals surface area contributed by atoms with Crippen LogP contribution in [0.25, 0.3) is 0 Å². The van der Waals surface area contributed by atoms with Crippen LogP contribution in [0.3, 0.4) is 0 Å². The molecule has 0 aliphatic heterocycles. The molecular formula is C12H24O4. The van der Waals surface area contributed by atoms with Crippen LogP contribution < -0.4 is 0 Å². The van der Waals surface area contributed by atoms with Crippen molar-refractivity contribution in [1.29, 1.82) is 0 Å². The summed E-state index contributed by atoms with van der Waals surface area (Å²) in [5.41, 5.74) is 0. The van der Waals surface area contributed by atoms with Crippen molar-refractivity contribution < 1.29 is 20.1 Å². The van der Waals surface area contributed by atoms with Gasteiger partial charge in [0.1, 0.15) is 0 Å². The molecule has 0 aliphatic carbocycles. The molecule has 0 saturated carbocycles. The van der Waals surface area contributed by atoms with E-state index in [1.165, 1.54) is 0 Å². The fourth-order valence-corrected chi connectivity index (χ4v) is 1.70. The van der Waals surface area contributed by atoms with E-state index in [0.717, 1.165) is 38.5 Å². The second kappa shape index (κ2) is 9.60. The van der Waals surface area contributed by atoms with Gasteiger partial charge in [-0.3, -0.25) is 4.79 Å². The molecule has 0 rings (SSSR count). The zero-order chi connectivity index (χ0) is 12.4. The monoisotopic (exact) mass is 232 g/mol. The van der Waals surface area contributed by atoms with Gasteiger partial charge in [-0.2, -0.15) is 0 Å². The van der Waals surface area contributed by atoms with Crippen LogP contribution in [-0.4, -0.2) is 33.5 Å². The number of hydrogen-bond donors (Lipinski definition) is 3. The minimum atomic E-state index is -0.729. The van der Waals surface area contributed by atoms with E-state index in [4.69, 9.17) is 10.2 Å². The summed E-state index contributed by atoms with van der Waals surface area (Å²) in [5.74, 6) is -0.729. The number of unbranched alkanes of at least 4 members (excludes halogenated alkanes) is 4. The quantitative estimate of drug-likeness (QED) is 0.503. The molecule has 96 valence electrons. The Morgan fingerprint density at radius 3 is 2.19 bits per heavy atom. The molecule has 2 unspecified atom stereocenters. The summed E-state index contributed by atoms with van der Waals surface area (Å²) in [6.45, 7) is 1.68. The van der Waals surface area contributed by atoms with Crippen LogP contribution in [0.15, 0.2) is 0 Å². The van der Waals surface area contributed by atoms with Crippen LogP contribution >= 0.6 is 0 Å². The third-order valence-electron chi connectivity index (χ3n) is 2.54. The second-order valence-corrected chi connectivity index (χ2v) is 4.44. The highest BCUT2D eigenvalue weighted by molar-refractivity contribution is 5.66. The average Bonchev–Trinajstić information content (AvgIpc) is 2.14. The maximum Gasteiger partial charge on any atom is 0.303 e. The van der Waals surface area contributed by atoms with Crippen molar-refractivity contribution >= 4 is 5.97 Å². The predicted molar refractivity (Wildman–Crippen MR) is 62.3 cm³/mol. The van der Waals surface area contributed by atoms with Crippen molar-refractivity contribution in [2.75, 3.05) is 0 Å². The summed E-state index contributed by atoms with van der Waals surface area (Å²) in [6, 6.07) is 0. The Bertz CT molecular complexity index is 180. The van der Waals surface area contributed by atoms with Crippen molar-refractivity contribution in [2.45, 2.75) is 70.5 Å². The van der Waals surface area contributed by atoms with Crippen LogP contribution in [0.4, 0.5) is 0 Å². The maximum atomic E-state index is 10.2. The largest absolute Gasteiger partial charge is 0.481 e. The van der Waals surface area contributed by atoms with Gasteiger partial charge in [-0.05, 0) is 26.2 Å². The summed E-state index contributed by atoms with van der Waals surface area (Å²) < 4.78 is 0. The summed E-state index contributed by atoms with van der Waals surface area (Å²) in [6.07, 6.45) is 5.26. The van der Waals surface area contributed by atoms with Crippen molar-refractivity contribution in [2.24, 2.45) is 0 Å². The first-order chi connectivity index (χ1) is 7.52. The van der Waals surface area contributed by atoms with Gasteiger partial charge in [0.15, 0.2) is 0 Å². The fraction of sp³-hybridized carbons (Fsp3) is 0.917. The number of carboxylic acids is 1. The van der Waals surface area contributed by atoms with Gasteiger partial charge in [-0.15, -0.1) is 0 Å². The Balaban J connectivity index is 3.17. The van der Waals surface area contributed by atoms with Gasteiger partial charge in [0.2, 0.25) is 0 Å². The van der Waals surface area contributed by atoms with E-state index < -0.39 is 18.2 Å². The molecule has 3 N–H and O–H groups in total. The first kappa shape index (κ1) is 15.4. The average molecular weight is 232 g/mol. The fourth-order valence-electron chi connectivity index (χ4n) is 1.70. The molecule has 0 amide bonds. The number of hydrogen-bond acceptors (Lipinski definition) is 3. The summed E-state index contributed by atoms with van der Waals surface area (Å²) in [4.78, 5) is 10.2. The molecule has 0 heterocycles. The van der Waals surface area contributed by atoms with Crippen molar-refractivity contribution in [3.05, 3.63) is 0 Å². The molecule has 0 aliphatic rings. The molecule has 4 nitrogen and oxygen atoms in total. The first-order valence-electron chi connectivity index (χ1n) is 6.10. The van der Waals surface area contributed by atoms with Gasteiger partial charge in [0.25, 0.3) is 0 Å². The van der Waals surface area contributed by atoms with Crippen molar-refractivity contribution in [3.8, 4) is 0 Å². The Hall–Kier alpha value is -0.610. The van der Waals surface area contributed by atoms with Crippen LogP contribution in [0.2, 0.25) is 0 Å². The number of aliphatic hydroxyl groups excluding tert-OH is 2. The van der Waals surface area contributed by atoms with E-state index in [1.807, 2.05) is 0 Å². The van der Waals surface area contributed by atoms with E-state index in [0.29, 0.717) is 6.42 Å². The lowest BCUT2D eigenvalue weighted by atomic mass is 10.0. The van der Waals surface area contributed by atoms with E-state index in [1.54, 1.807) is 6.92 Å². The minimum Gasteiger partial charge on any atom is -0.481 e. The standard InChI is InChI=1S/C12H24O4/c1-10(13)9-11(14)7-5-3-2-4-6-8-12(15)16/h10-11,13-14H,2-9H2,1H3,(H,15,16). The summed E-state index contributed by atoms with van der Waals surface area (Å²) >= 11 is 0. The third-order valence-corrected chi connectivity index (χ3v) is 2.54. The zero-order valence-corrected chi connectivity index (χ0v) is 10.1. The van der Waals surface area contributed by atoms with Gasteiger partial charge < -0.3 is 15.3 Å². The molecule has 4 heteroatoms. The summed E-state index contributed by atoms with van der Waals surface area (Å²) in [7, 11) is 0. The van der Waals surface area contributed by atoms with E-state index in [-0.39, 0.29) is 6.42 Å². The van der Waals surface area contributed by atoms with Crippen molar-refractivity contribution in [3.63, 3.8) is 0 Å². The maximum absolute atomic E-state index is 10.2. The lowest BCUT2D eigenvalue weighted by Crippen LogP contribution is -2.14. The van der Waals surface area contributed by atoms with Gasteiger partial charge in [0, 0.05) is 6.42 Å². The minimum absolute atomic E-state index is 0.255. The Kier molecular flexibility index (Phi) is 9.24. The number of rotatable bonds is 10. The molecular weight excluding hydrogens is 208 g/mol. The molecule has 0 saturated heterocycles. The molecule has 16 heavy (non-hydrogen) atoms. The van der Waals surface area contributed by atoms with Crippen LogP contribution in [0, 0.1) is 0 Å². The molecule has 0 aromatic carbocycles. The van der Waals surface area contributed by atoms with Crippen LogP contribution in [0.5, 0.6) is 0 Å².